The molecular weight excluding hydrogens is 228 g/mol. The van der Waals surface area contributed by atoms with Crippen molar-refractivity contribution >= 4 is 21.7 Å². The van der Waals surface area contributed by atoms with Crippen LogP contribution in [0, 0.1) is 5.92 Å². The van der Waals surface area contributed by atoms with Crippen LogP contribution in [-0.4, -0.2) is 11.1 Å². The maximum atomic E-state index is 11.3. The zero-order valence-corrected chi connectivity index (χ0v) is 9.55. The average molecular weight is 245 g/mol. The third-order valence-electron chi connectivity index (χ3n) is 2.61. The molecule has 2 heteroatoms. The molecule has 1 aliphatic rings. The molecule has 0 N–H and O–H groups in total. The molecule has 0 aromatic heterocycles. The lowest BCUT2D eigenvalue weighted by atomic mass is 10.00. The number of unbranched alkanes of at least 4 members (excludes halogenated alkanes) is 1. The average Bonchev–Trinajstić information content (AvgIpc) is 2.52. The van der Waals surface area contributed by atoms with Crippen LogP contribution in [0.4, 0.5) is 0 Å². The molecule has 1 nitrogen and oxygen atoms in total. The first-order valence-electron chi connectivity index (χ1n) is 5.08. The summed E-state index contributed by atoms with van der Waals surface area (Å²) in [6, 6.07) is 0. The van der Waals surface area contributed by atoms with Crippen molar-refractivity contribution in [1.82, 2.24) is 0 Å². The maximum absolute atomic E-state index is 11.3. The van der Waals surface area contributed by atoms with E-state index in [4.69, 9.17) is 0 Å². The summed E-state index contributed by atoms with van der Waals surface area (Å²) in [4.78, 5) is 11.3. The third kappa shape index (κ3) is 4.08. The first-order valence-corrected chi connectivity index (χ1v) is 6.20. The van der Waals surface area contributed by atoms with Crippen LogP contribution in [-0.2, 0) is 4.79 Å². The Bertz CT molecular complexity index is 187. The van der Waals surface area contributed by atoms with Crippen molar-refractivity contribution in [3.8, 4) is 0 Å². The highest BCUT2D eigenvalue weighted by Crippen LogP contribution is 2.25. The molecule has 1 aliphatic carbocycles. The molecule has 1 unspecified atom stereocenters. The second-order valence-corrected chi connectivity index (χ2v) is 4.26. The fourth-order valence-electron chi connectivity index (χ4n) is 1.86. The van der Waals surface area contributed by atoms with Gasteiger partial charge < -0.3 is 0 Å². The van der Waals surface area contributed by atoms with Gasteiger partial charge in [0.2, 0.25) is 0 Å². The SMILES string of the molecule is O=C1CCCC1CCC/C=C/CBr. The second-order valence-electron chi connectivity index (χ2n) is 3.61. The molecule has 0 saturated heterocycles. The van der Waals surface area contributed by atoms with Crippen molar-refractivity contribution in [2.24, 2.45) is 5.92 Å². The van der Waals surface area contributed by atoms with Gasteiger partial charge in [-0.15, -0.1) is 0 Å². The van der Waals surface area contributed by atoms with E-state index in [1.165, 1.54) is 6.42 Å². The van der Waals surface area contributed by atoms with Gasteiger partial charge >= 0.3 is 0 Å². The van der Waals surface area contributed by atoms with Crippen molar-refractivity contribution in [1.29, 1.82) is 0 Å². The van der Waals surface area contributed by atoms with Crippen LogP contribution in [0.25, 0.3) is 0 Å². The van der Waals surface area contributed by atoms with Crippen LogP contribution in [0.15, 0.2) is 12.2 Å². The Hall–Kier alpha value is -0.110. The van der Waals surface area contributed by atoms with E-state index in [9.17, 15) is 4.79 Å². The van der Waals surface area contributed by atoms with Gasteiger partial charge in [-0.1, -0.05) is 28.1 Å². The number of hydrogen-bond acceptors (Lipinski definition) is 1. The van der Waals surface area contributed by atoms with Gasteiger partial charge in [0, 0.05) is 17.7 Å². The van der Waals surface area contributed by atoms with Crippen molar-refractivity contribution in [2.45, 2.75) is 38.5 Å². The molecule has 0 amide bonds. The van der Waals surface area contributed by atoms with Crippen LogP contribution >= 0.6 is 15.9 Å². The van der Waals surface area contributed by atoms with E-state index < -0.39 is 0 Å². The number of rotatable bonds is 5. The summed E-state index contributed by atoms with van der Waals surface area (Å²) in [5.41, 5.74) is 0. The fraction of sp³-hybridized carbons (Fsp3) is 0.727. The fourth-order valence-corrected chi connectivity index (χ4v) is 2.12. The number of halogens is 1. The Kier molecular flexibility index (Phi) is 5.37. The number of Topliss-reactive ketones (excluding diaryl/α,β-unsaturated/α-hetero) is 1. The molecule has 0 aromatic rings. The van der Waals surface area contributed by atoms with Crippen molar-refractivity contribution < 1.29 is 4.79 Å². The molecule has 13 heavy (non-hydrogen) atoms. The van der Waals surface area contributed by atoms with Crippen molar-refractivity contribution in [3.63, 3.8) is 0 Å². The lowest BCUT2D eigenvalue weighted by Crippen LogP contribution is -2.05. The molecule has 1 fully saturated rings. The van der Waals surface area contributed by atoms with Crippen LogP contribution < -0.4 is 0 Å². The molecule has 0 radical (unpaired) electrons. The Balaban J connectivity index is 2.05. The standard InChI is InChI=1S/C11H17BrO/c12-9-4-2-1-3-6-10-7-5-8-11(10)13/h2,4,10H,1,3,5-9H2/b4-2+. The van der Waals surface area contributed by atoms with E-state index in [2.05, 4.69) is 28.1 Å². The number of carbonyl (C=O) groups excluding carboxylic acids is 1. The maximum Gasteiger partial charge on any atom is 0.135 e. The van der Waals surface area contributed by atoms with Gasteiger partial charge in [0.05, 0.1) is 0 Å². The summed E-state index contributed by atoms with van der Waals surface area (Å²) < 4.78 is 0. The number of alkyl halides is 1. The largest absolute Gasteiger partial charge is 0.299 e. The summed E-state index contributed by atoms with van der Waals surface area (Å²) in [6.07, 6.45) is 10.8. The van der Waals surface area contributed by atoms with E-state index in [0.29, 0.717) is 11.7 Å². The predicted molar refractivity (Wildman–Crippen MR) is 59.1 cm³/mol. The van der Waals surface area contributed by atoms with Crippen LogP contribution in [0.2, 0.25) is 0 Å². The van der Waals surface area contributed by atoms with E-state index in [1.807, 2.05) is 0 Å². The van der Waals surface area contributed by atoms with E-state index in [-0.39, 0.29) is 0 Å². The Morgan fingerprint density at radius 1 is 1.46 bits per heavy atom. The van der Waals surface area contributed by atoms with Crippen molar-refractivity contribution in [2.75, 3.05) is 5.33 Å². The highest BCUT2D eigenvalue weighted by Gasteiger charge is 2.22. The van der Waals surface area contributed by atoms with Gasteiger partial charge in [0.1, 0.15) is 5.78 Å². The van der Waals surface area contributed by atoms with Gasteiger partial charge in [0.15, 0.2) is 0 Å². The lowest BCUT2D eigenvalue weighted by molar-refractivity contribution is -0.120. The van der Waals surface area contributed by atoms with Gasteiger partial charge in [-0.2, -0.15) is 0 Å². The van der Waals surface area contributed by atoms with Crippen LogP contribution in [0.3, 0.4) is 0 Å². The minimum atomic E-state index is 0.400. The topological polar surface area (TPSA) is 17.1 Å². The Labute approximate surface area is 88.7 Å². The zero-order chi connectivity index (χ0) is 9.52. The molecule has 0 aromatic carbocycles. The number of allylic oxidation sites excluding steroid dienone is 2. The highest BCUT2D eigenvalue weighted by molar-refractivity contribution is 9.09. The molecule has 1 saturated carbocycles. The highest BCUT2D eigenvalue weighted by atomic mass is 79.9. The molecule has 1 rings (SSSR count). The molecule has 1 atom stereocenters. The molecule has 0 aliphatic heterocycles. The van der Waals surface area contributed by atoms with Gasteiger partial charge in [-0.05, 0) is 32.1 Å². The van der Waals surface area contributed by atoms with Gasteiger partial charge in [0.25, 0.3) is 0 Å². The zero-order valence-electron chi connectivity index (χ0n) is 7.97. The smallest absolute Gasteiger partial charge is 0.135 e. The Morgan fingerprint density at radius 3 is 2.92 bits per heavy atom. The van der Waals surface area contributed by atoms with Gasteiger partial charge in [-0.3, -0.25) is 4.79 Å². The molecule has 0 heterocycles. The van der Waals surface area contributed by atoms with Gasteiger partial charge in [-0.25, -0.2) is 0 Å². The van der Waals surface area contributed by atoms with E-state index in [0.717, 1.165) is 37.4 Å². The lowest BCUT2D eigenvalue weighted by Gasteiger charge is -2.04. The summed E-state index contributed by atoms with van der Waals surface area (Å²) in [5.74, 6) is 0.904. The minimum Gasteiger partial charge on any atom is -0.299 e. The molecule has 74 valence electrons. The van der Waals surface area contributed by atoms with E-state index >= 15 is 0 Å². The predicted octanol–water partition coefficient (Wildman–Crippen LogP) is 3.48. The molecule has 0 bridgehead atoms. The third-order valence-corrected chi connectivity index (χ3v) is 2.98. The molecular formula is C11H17BrO. The normalized spacial score (nSPS) is 23.2. The first-order chi connectivity index (χ1) is 6.34. The molecule has 0 spiro atoms. The van der Waals surface area contributed by atoms with Crippen molar-refractivity contribution in [3.05, 3.63) is 12.2 Å². The van der Waals surface area contributed by atoms with E-state index in [1.54, 1.807) is 0 Å². The Morgan fingerprint density at radius 2 is 2.31 bits per heavy atom. The number of carbonyl (C=O) groups is 1. The summed E-state index contributed by atoms with van der Waals surface area (Å²) in [5, 5.41) is 0.940. The number of ketones is 1. The van der Waals surface area contributed by atoms with Crippen LogP contribution in [0.1, 0.15) is 38.5 Å². The number of hydrogen-bond donors (Lipinski definition) is 0. The summed E-state index contributed by atoms with van der Waals surface area (Å²) in [6.45, 7) is 0. The second kappa shape index (κ2) is 6.36. The quantitative estimate of drug-likeness (QED) is 0.411. The summed E-state index contributed by atoms with van der Waals surface area (Å²) >= 11 is 3.34. The minimum absolute atomic E-state index is 0.400. The monoisotopic (exact) mass is 244 g/mol. The first kappa shape index (κ1) is 11.0. The van der Waals surface area contributed by atoms with Crippen LogP contribution in [0.5, 0.6) is 0 Å². The summed E-state index contributed by atoms with van der Waals surface area (Å²) in [7, 11) is 0.